The lowest BCUT2D eigenvalue weighted by atomic mass is 10.2. The SMILES string of the molecule is COc1cc(/C=N\NC(=O)c2ccc(N(C)S(=O)(=O)c3ccc(C)cc3)cc2)ccc1OCc1ccc(Cl)cc1. The van der Waals surface area contributed by atoms with Crippen LogP contribution in [0.15, 0.2) is 101 Å². The first-order valence-electron chi connectivity index (χ1n) is 12.2. The predicted octanol–water partition coefficient (Wildman–Crippen LogP) is 5.83. The van der Waals surface area contributed by atoms with Crippen LogP contribution in [0, 0.1) is 6.92 Å². The number of aryl methyl sites for hydroxylation is 1. The molecule has 0 spiro atoms. The molecule has 0 heterocycles. The maximum atomic E-state index is 12.9. The molecule has 0 aliphatic heterocycles. The van der Waals surface area contributed by atoms with Crippen molar-refractivity contribution in [1.29, 1.82) is 0 Å². The lowest BCUT2D eigenvalue weighted by Crippen LogP contribution is -2.26. The van der Waals surface area contributed by atoms with E-state index < -0.39 is 15.9 Å². The van der Waals surface area contributed by atoms with Crippen molar-refractivity contribution in [3.05, 3.63) is 118 Å². The summed E-state index contributed by atoms with van der Waals surface area (Å²) in [7, 11) is -0.719. The van der Waals surface area contributed by atoms with Crippen molar-refractivity contribution in [3.8, 4) is 11.5 Å². The zero-order valence-corrected chi connectivity index (χ0v) is 23.7. The maximum absolute atomic E-state index is 12.9. The van der Waals surface area contributed by atoms with Gasteiger partial charge >= 0.3 is 0 Å². The first-order chi connectivity index (χ1) is 19.2. The molecular formula is C30H28ClN3O5S. The molecule has 4 aromatic carbocycles. The van der Waals surface area contributed by atoms with Crippen LogP contribution >= 0.6 is 11.6 Å². The standard InChI is InChI=1S/C30H28ClN3O5S/c1-21-4-15-27(16-5-21)40(36,37)34(2)26-13-9-24(10-14-26)30(35)33-32-19-23-8-17-28(29(18-23)38-3)39-20-22-6-11-25(31)12-7-22/h4-19H,20H2,1-3H3,(H,33,35)/b32-19-. The van der Waals surface area contributed by atoms with Crippen molar-refractivity contribution < 1.29 is 22.7 Å². The van der Waals surface area contributed by atoms with Gasteiger partial charge in [-0.05, 0) is 84.8 Å². The second-order valence-electron chi connectivity index (χ2n) is 8.86. The highest BCUT2D eigenvalue weighted by Crippen LogP contribution is 2.28. The van der Waals surface area contributed by atoms with Gasteiger partial charge in [-0.15, -0.1) is 0 Å². The largest absolute Gasteiger partial charge is 0.493 e. The fourth-order valence-electron chi connectivity index (χ4n) is 3.69. The maximum Gasteiger partial charge on any atom is 0.271 e. The molecule has 0 fully saturated rings. The van der Waals surface area contributed by atoms with Crippen LogP contribution in [0.2, 0.25) is 5.02 Å². The van der Waals surface area contributed by atoms with Crippen molar-refractivity contribution in [2.75, 3.05) is 18.5 Å². The third-order valence-corrected chi connectivity index (χ3v) is 8.10. The molecule has 4 aromatic rings. The number of methoxy groups -OCH3 is 1. The molecule has 0 saturated heterocycles. The molecular weight excluding hydrogens is 550 g/mol. The minimum Gasteiger partial charge on any atom is -0.493 e. The van der Waals surface area contributed by atoms with Crippen molar-refractivity contribution in [1.82, 2.24) is 5.43 Å². The van der Waals surface area contributed by atoms with Crippen LogP contribution in [-0.4, -0.2) is 34.7 Å². The molecule has 206 valence electrons. The summed E-state index contributed by atoms with van der Waals surface area (Å²) in [6.07, 6.45) is 1.49. The Morgan fingerprint density at radius 3 is 2.27 bits per heavy atom. The van der Waals surface area contributed by atoms with E-state index in [1.807, 2.05) is 19.1 Å². The van der Waals surface area contributed by atoms with E-state index in [0.717, 1.165) is 11.1 Å². The number of hydrazone groups is 1. The van der Waals surface area contributed by atoms with Crippen LogP contribution in [0.3, 0.4) is 0 Å². The highest BCUT2D eigenvalue weighted by Gasteiger charge is 2.21. The van der Waals surface area contributed by atoms with Crippen LogP contribution in [0.4, 0.5) is 5.69 Å². The second kappa shape index (κ2) is 12.7. The number of nitrogens with zero attached hydrogens (tertiary/aromatic N) is 2. The average Bonchev–Trinajstić information content (AvgIpc) is 2.97. The Morgan fingerprint density at radius 2 is 1.62 bits per heavy atom. The number of hydrogen-bond acceptors (Lipinski definition) is 6. The Kier molecular flexibility index (Phi) is 9.08. The van der Waals surface area contributed by atoms with E-state index in [9.17, 15) is 13.2 Å². The Balaban J connectivity index is 1.36. The van der Waals surface area contributed by atoms with Gasteiger partial charge in [0.25, 0.3) is 15.9 Å². The third kappa shape index (κ3) is 6.99. The topological polar surface area (TPSA) is 97.3 Å². The molecule has 0 bridgehead atoms. The number of hydrogen-bond donors (Lipinski definition) is 1. The Morgan fingerprint density at radius 1 is 0.950 bits per heavy atom. The van der Waals surface area contributed by atoms with Gasteiger partial charge in [0.2, 0.25) is 0 Å². The number of rotatable bonds is 10. The molecule has 40 heavy (non-hydrogen) atoms. The van der Waals surface area contributed by atoms with Crippen LogP contribution in [0.25, 0.3) is 0 Å². The zero-order valence-electron chi connectivity index (χ0n) is 22.2. The van der Waals surface area contributed by atoms with E-state index in [0.29, 0.717) is 39.9 Å². The Hall–Kier alpha value is -4.34. The van der Waals surface area contributed by atoms with E-state index in [2.05, 4.69) is 10.5 Å². The summed E-state index contributed by atoms with van der Waals surface area (Å²) < 4.78 is 38.3. The fourth-order valence-corrected chi connectivity index (χ4v) is 5.01. The molecule has 1 amide bonds. The van der Waals surface area contributed by atoms with Gasteiger partial charge in [0.1, 0.15) is 6.61 Å². The number of benzene rings is 4. The summed E-state index contributed by atoms with van der Waals surface area (Å²) in [6, 6.07) is 25.5. The number of carbonyl (C=O) groups is 1. The molecule has 0 unspecified atom stereocenters. The van der Waals surface area contributed by atoms with Crippen molar-refractivity contribution in [2.45, 2.75) is 18.4 Å². The number of nitrogens with one attached hydrogen (secondary N) is 1. The van der Waals surface area contributed by atoms with Gasteiger partial charge in [0, 0.05) is 17.6 Å². The monoisotopic (exact) mass is 577 g/mol. The molecule has 8 nitrogen and oxygen atoms in total. The normalized spacial score (nSPS) is 11.3. The fraction of sp³-hybridized carbons (Fsp3) is 0.133. The van der Waals surface area contributed by atoms with E-state index in [1.165, 1.54) is 29.7 Å². The summed E-state index contributed by atoms with van der Waals surface area (Å²) in [6.45, 7) is 2.24. The van der Waals surface area contributed by atoms with Crippen molar-refractivity contribution >= 4 is 39.4 Å². The Bertz CT molecular complexity index is 1610. The van der Waals surface area contributed by atoms with Gasteiger partial charge in [-0.3, -0.25) is 9.10 Å². The number of amides is 1. The predicted molar refractivity (Wildman–Crippen MR) is 157 cm³/mol. The van der Waals surface area contributed by atoms with Gasteiger partial charge in [0.05, 0.1) is 23.9 Å². The quantitative estimate of drug-likeness (QED) is 0.189. The molecule has 1 N–H and O–H groups in total. The molecule has 0 aliphatic carbocycles. The van der Waals surface area contributed by atoms with E-state index in [-0.39, 0.29) is 4.90 Å². The van der Waals surface area contributed by atoms with E-state index >= 15 is 0 Å². The summed E-state index contributed by atoms with van der Waals surface area (Å²) in [5, 5.41) is 4.69. The third-order valence-electron chi connectivity index (χ3n) is 6.05. The Labute approximate surface area is 238 Å². The zero-order chi connectivity index (χ0) is 28.7. The van der Waals surface area contributed by atoms with Crippen molar-refractivity contribution in [2.24, 2.45) is 5.10 Å². The van der Waals surface area contributed by atoms with Crippen LogP contribution < -0.4 is 19.2 Å². The number of carbonyl (C=O) groups excluding carboxylic acids is 1. The molecule has 10 heteroatoms. The smallest absolute Gasteiger partial charge is 0.271 e. The van der Waals surface area contributed by atoms with Gasteiger partial charge in [0.15, 0.2) is 11.5 Å². The summed E-state index contributed by atoms with van der Waals surface area (Å²) in [4.78, 5) is 12.8. The second-order valence-corrected chi connectivity index (χ2v) is 11.3. The first-order valence-corrected chi connectivity index (χ1v) is 14.0. The van der Waals surface area contributed by atoms with Gasteiger partial charge < -0.3 is 9.47 Å². The highest BCUT2D eigenvalue weighted by molar-refractivity contribution is 7.92. The van der Waals surface area contributed by atoms with Crippen molar-refractivity contribution in [3.63, 3.8) is 0 Å². The lowest BCUT2D eigenvalue weighted by molar-refractivity contribution is 0.0955. The number of ether oxygens (including phenoxy) is 2. The molecule has 0 aliphatic rings. The minimum absolute atomic E-state index is 0.189. The molecule has 0 aromatic heterocycles. The average molecular weight is 578 g/mol. The molecule has 0 atom stereocenters. The van der Waals surface area contributed by atoms with Crippen LogP contribution in [-0.2, 0) is 16.6 Å². The highest BCUT2D eigenvalue weighted by atomic mass is 35.5. The molecule has 4 rings (SSSR count). The van der Waals surface area contributed by atoms with E-state index in [4.69, 9.17) is 21.1 Å². The molecule has 0 radical (unpaired) electrons. The lowest BCUT2D eigenvalue weighted by Gasteiger charge is -2.19. The molecule has 0 saturated carbocycles. The number of halogens is 1. The van der Waals surface area contributed by atoms with Crippen LogP contribution in [0.1, 0.15) is 27.0 Å². The van der Waals surface area contributed by atoms with Gasteiger partial charge in [-0.25, -0.2) is 13.8 Å². The van der Waals surface area contributed by atoms with Gasteiger partial charge in [-0.2, -0.15) is 5.10 Å². The first kappa shape index (κ1) is 28.7. The minimum atomic E-state index is -3.73. The number of anilines is 1. The van der Waals surface area contributed by atoms with Crippen LogP contribution in [0.5, 0.6) is 11.5 Å². The summed E-state index contributed by atoms with van der Waals surface area (Å²) in [5.74, 6) is 0.638. The number of sulfonamides is 1. The van der Waals surface area contributed by atoms with E-state index in [1.54, 1.807) is 73.8 Å². The van der Waals surface area contributed by atoms with Gasteiger partial charge in [-0.1, -0.05) is 41.4 Å². The summed E-state index contributed by atoms with van der Waals surface area (Å²) >= 11 is 5.92. The summed E-state index contributed by atoms with van der Waals surface area (Å²) in [5.41, 5.74) is 5.85.